The van der Waals surface area contributed by atoms with Crippen molar-refractivity contribution in [2.45, 2.75) is 38.5 Å². The standard InChI is InChI=1S/C15H22N2O2S/c1-2-13-10-20-14(16-13)11-4-3-6-17(8-11)15(18)12-5-7-19-9-12/h10-12H,2-9H2,1H3/t11-,12-/m0/s1. The summed E-state index contributed by atoms with van der Waals surface area (Å²) in [7, 11) is 0. The number of aromatic nitrogens is 1. The highest BCUT2D eigenvalue weighted by molar-refractivity contribution is 7.09. The monoisotopic (exact) mass is 294 g/mol. The summed E-state index contributed by atoms with van der Waals surface area (Å²) >= 11 is 1.75. The molecule has 0 unspecified atom stereocenters. The lowest BCUT2D eigenvalue weighted by Gasteiger charge is -2.33. The summed E-state index contributed by atoms with van der Waals surface area (Å²) in [6, 6.07) is 0. The summed E-state index contributed by atoms with van der Waals surface area (Å²) in [5.41, 5.74) is 1.18. The highest BCUT2D eigenvalue weighted by atomic mass is 32.1. The second kappa shape index (κ2) is 6.22. The number of aryl methyl sites for hydroxylation is 1. The summed E-state index contributed by atoms with van der Waals surface area (Å²) < 4.78 is 5.34. The van der Waals surface area contributed by atoms with Crippen LogP contribution in [0.4, 0.5) is 0 Å². The molecular formula is C15H22N2O2S. The van der Waals surface area contributed by atoms with Crippen LogP contribution in [0.15, 0.2) is 5.38 Å². The van der Waals surface area contributed by atoms with Gasteiger partial charge in [-0.3, -0.25) is 4.79 Å². The third kappa shape index (κ3) is 2.88. The van der Waals surface area contributed by atoms with Gasteiger partial charge in [-0.2, -0.15) is 0 Å². The van der Waals surface area contributed by atoms with Crippen LogP contribution >= 0.6 is 11.3 Å². The van der Waals surface area contributed by atoms with E-state index in [9.17, 15) is 4.79 Å². The summed E-state index contributed by atoms with van der Waals surface area (Å²) in [6.07, 6.45) is 4.12. The summed E-state index contributed by atoms with van der Waals surface area (Å²) in [4.78, 5) is 19.2. The lowest BCUT2D eigenvalue weighted by atomic mass is 9.97. The van der Waals surface area contributed by atoms with Gasteiger partial charge in [0, 0.05) is 31.0 Å². The van der Waals surface area contributed by atoms with E-state index in [4.69, 9.17) is 9.72 Å². The zero-order valence-electron chi connectivity index (χ0n) is 12.0. The van der Waals surface area contributed by atoms with Crippen LogP contribution in [-0.2, 0) is 16.0 Å². The molecule has 1 amide bonds. The van der Waals surface area contributed by atoms with E-state index in [1.807, 2.05) is 4.90 Å². The maximum absolute atomic E-state index is 12.5. The fourth-order valence-electron chi connectivity index (χ4n) is 3.04. The molecule has 0 saturated carbocycles. The zero-order chi connectivity index (χ0) is 13.9. The molecule has 2 fully saturated rings. The van der Waals surface area contributed by atoms with Gasteiger partial charge >= 0.3 is 0 Å². The van der Waals surface area contributed by atoms with Gasteiger partial charge in [-0.15, -0.1) is 11.3 Å². The first-order valence-electron chi connectivity index (χ1n) is 7.58. The van der Waals surface area contributed by atoms with Gasteiger partial charge in [0.25, 0.3) is 0 Å². The number of carbonyl (C=O) groups is 1. The normalized spacial score (nSPS) is 26.9. The van der Waals surface area contributed by atoms with Gasteiger partial charge < -0.3 is 9.64 Å². The quantitative estimate of drug-likeness (QED) is 0.860. The average Bonchev–Trinajstić information content (AvgIpc) is 3.17. The molecule has 3 rings (SSSR count). The van der Waals surface area contributed by atoms with Gasteiger partial charge in [0.05, 0.1) is 23.2 Å². The number of amides is 1. The summed E-state index contributed by atoms with van der Waals surface area (Å²) in [5.74, 6) is 0.816. The smallest absolute Gasteiger partial charge is 0.228 e. The van der Waals surface area contributed by atoms with Crippen molar-refractivity contribution in [3.8, 4) is 0 Å². The molecule has 1 aromatic rings. The molecular weight excluding hydrogens is 272 g/mol. The van der Waals surface area contributed by atoms with Crippen molar-refractivity contribution < 1.29 is 9.53 Å². The number of ether oxygens (including phenoxy) is 1. The first-order valence-corrected chi connectivity index (χ1v) is 8.46. The van der Waals surface area contributed by atoms with E-state index in [-0.39, 0.29) is 5.92 Å². The molecule has 110 valence electrons. The lowest BCUT2D eigenvalue weighted by Crippen LogP contribution is -2.42. The first-order chi connectivity index (χ1) is 9.78. The third-order valence-electron chi connectivity index (χ3n) is 4.29. The van der Waals surface area contributed by atoms with Crippen molar-refractivity contribution in [2.75, 3.05) is 26.3 Å². The van der Waals surface area contributed by atoms with E-state index in [2.05, 4.69) is 12.3 Å². The van der Waals surface area contributed by atoms with Crippen LogP contribution in [0.2, 0.25) is 0 Å². The molecule has 2 aliphatic rings. The number of piperidine rings is 1. The SMILES string of the molecule is CCc1csc([C@H]2CCCN(C(=O)[C@H]3CCOC3)C2)n1. The topological polar surface area (TPSA) is 42.4 Å². The van der Waals surface area contributed by atoms with Crippen molar-refractivity contribution in [3.63, 3.8) is 0 Å². The van der Waals surface area contributed by atoms with Crippen LogP contribution in [0.5, 0.6) is 0 Å². The molecule has 0 aliphatic carbocycles. The summed E-state index contributed by atoms with van der Waals surface area (Å²) in [5, 5.41) is 3.36. The minimum Gasteiger partial charge on any atom is -0.381 e. The Morgan fingerprint density at radius 3 is 3.15 bits per heavy atom. The van der Waals surface area contributed by atoms with Gasteiger partial charge in [0.2, 0.25) is 5.91 Å². The summed E-state index contributed by atoms with van der Waals surface area (Å²) in [6.45, 7) is 5.22. The number of thiazole rings is 1. The van der Waals surface area contributed by atoms with Gasteiger partial charge in [-0.25, -0.2) is 4.98 Å². The second-order valence-corrected chi connectivity index (χ2v) is 6.60. The van der Waals surface area contributed by atoms with Crippen molar-refractivity contribution in [2.24, 2.45) is 5.92 Å². The highest BCUT2D eigenvalue weighted by Gasteiger charge is 2.32. The Kier molecular flexibility index (Phi) is 4.36. The van der Waals surface area contributed by atoms with Crippen LogP contribution in [0, 0.1) is 5.92 Å². The van der Waals surface area contributed by atoms with Crippen LogP contribution in [0.1, 0.15) is 42.8 Å². The Bertz CT molecular complexity index is 468. The Labute approximate surface area is 124 Å². The minimum atomic E-state index is 0.0937. The highest BCUT2D eigenvalue weighted by Crippen LogP contribution is 2.30. The first kappa shape index (κ1) is 14.0. The van der Waals surface area contributed by atoms with E-state index in [0.29, 0.717) is 18.4 Å². The van der Waals surface area contributed by atoms with Gasteiger partial charge in [0.1, 0.15) is 0 Å². The van der Waals surface area contributed by atoms with Crippen LogP contribution < -0.4 is 0 Å². The molecule has 0 spiro atoms. The molecule has 5 heteroatoms. The molecule has 0 aromatic carbocycles. The largest absolute Gasteiger partial charge is 0.381 e. The predicted molar refractivity (Wildman–Crippen MR) is 79.0 cm³/mol. The van der Waals surface area contributed by atoms with Crippen molar-refractivity contribution >= 4 is 17.2 Å². The second-order valence-electron chi connectivity index (χ2n) is 5.71. The molecule has 4 nitrogen and oxygen atoms in total. The Morgan fingerprint density at radius 1 is 1.55 bits per heavy atom. The zero-order valence-corrected chi connectivity index (χ0v) is 12.8. The molecule has 0 radical (unpaired) electrons. The van der Waals surface area contributed by atoms with Gasteiger partial charge in [-0.05, 0) is 25.7 Å². The number of hydrogen-bond donors (Lipinski definition) is 0. The van der Waals surface area contributed by atoms with Crippen LogP contribution in [0.3, 0.4) is 0 Å². The molecule has 0 N–H and O–H groups in total. The Balaban J connectivity index is 1.65. The van der Waals surface area contributed by atoms with E-state index < -0.39 is 0 Å². The molecule has 2 atom stereocenters. The molecule has 2 aliphatic heterocycles. The molecule has 1 aromatic heterocycles. The Hall–Kier alpha value is -0.940. The number of rotatable bonds is 3. The number of hydrogen-bond acceptors (Lipinski definition) is 4. The van der Waals surface area contributed by atoms with Crippen LogP contribution in [-0.4, -0.2) is 42.1 Å². The average molecular weight is 294 g/mol. The predicted octanol–water partition coefficient (Wildman–Crippen LogP) is 2.45. The van der Waals surface area contributed by atoms with Crippen molar-refractivity contribution in [3.05, 3.63) is 16.1 Å². The maximum Gasteiger partial charge on any atom is 0.228 e. The van der Waals surface area contributed by atoms with E-state index in [0.717, 1.165) is 45.4 Å². The van der Waals surface area contributed by atoms with Crippen LogP contribution in [0.25, 0.3) is 0 Å². The van der Waals surface area contributed by atoms with Crippen molar-refractivity contribution in [1.29, 1.82) is 0 Å². The van der Waals surface area contributed by atoms with Gasteiger partial charge in [-0.1, -0.05) is 6.92 Å². The van der Waals surface area contributed by atoms with E-state index in [1.54, 1.807) is 11.3 Å². The molecule has 2 saturated heterocycles. The van der Waals surface area contributed by atoms with Crippen molar-refractivity contribution in [1.82, 2.24) is 9.88 Å². The molecule has 20 heavy (non-hydrogen) atoms. The van der Waals surface area contributed by atoms with Gasteiger partial charge in [0.15, 0.2) is 0 Å². The lowest BCUT2D eigenvalue weighted by molar-refractivity contribution is -0.136. The minimum absolute atomic E-state index is 0.0937. The number of likely N-dealkylation sites (tertiary alicyclic amines) is 1. The molecule has 3 heterocycles. The molecule has 0 bridgehead atoms. The number of carbonyl (C=O) groups excluding carboxylic acids is 1. The Morgan fingerprint density at radius 2 is 2.45 bits per heavy atom. The maximum atomic E-state index is 12.5. The number of nitrogens with zero attached hydrogens (tertiary/aromatic N) is 2. The van der Waals surface area contributed by atoms with E-state index in [1.165, 1.54) is 10.7 Å². The third-order valence-corrected chi connectivity index (χ3v) is 5.35. The fourth-order valence-corrected chi connectivity index (χ4v) is 4.07. The van der Waals surface area contributed by atoms with E-state index >= 15 is 0 Å². The fraction of sp³-hybridized carbons (Fsp3) is 0.733.